The van der Waals surface area contributed by atoms with Crippen molar-refractivity contribution in [3.63, 3.8) is 0 Å². The predicted molar refractivity (Wildman–Crippen MR) is 103 cm³/mol. The molecule has 1 heterocycles. The molecule has 2 aromatic carbocycles. The van der Waals surface area contributed by atoms with Crippen LogP contribution in [0.25, 0.3) is 11.1 Å². The van der Waals surface area contributed by atoms with Gasteiger partial charge in [-0.05, 0) is 23.3 Å². The Hall–Kier alpha value is -2.40. The van der Waals surface area contributed by atoms with Crippen molar-refractivity contribution in [3.8, 4) is 28.4 Å². The summed E-state index contributed by atoms with van der Waals surface area (Å²) in [7, 11) is 1.46. The van der Waals surface area contributed by atoms with Gasteiger partial charge in [0.25, 0.3) is 0 Å². The highest BCUT2D eigenvalue weighted by molar-refractivity contribution is 5.84. The van der Waals surface area contributed by atoms with E-state index in [1.807, 2.05) is 0 Å². The second-order valence-corrected chi connectivity index (χ2v) is 7.44. The van der Waals surface area contributed by atoms with Crippen LogP contribution in [0.4, 0.5) is 0 Å². The molecule has 2 aliphatic rings. The fraction of sp³-hybridized carbons (Fsp3) is 0.429. The van der Waals surface area contributed by atoms with Gasteiger partial charge >= 0.3 is 0 Å². The molecule has 0 aromatic heterocycles. The number of phenolic OH excluding ortho intramolecular Hbond substituents is 1. The summed E-state index contributed by atoms with van der Waals surface area (Å²) in [6.07, 6.45) is -7.65. The maximum Gasteiger partial charge on any atom is 0.229 e. The van der Waals surface area contributed by atoms with Gasteiger partial charge in [0.05, 0.1) is 19.8 Å². The molecule has 0 saturated carbocycles. The molecule has 162 valence electrons. The minimum Gasteiger partial charge on any atom is -0.507 e. The highest BCUT2D eigenvalue weighted by Gasteiger charge is 2.45. The average molecular weight is 420 g/mol. The van der Waals surface area contributed by atoms with E-state index in [1.165, 1.54) is 19.2 Å². The number of aliphatic hydroxyl groups excluding tert-OH is 5. The number of hydrogen-bond acceptors (Lipinski definition) is 9. The summed E-state index contributed by atoms with van der Waals surface area (Å²) in [5.41, 5.74) is 2.33. The minimum absolute atomic E-state index is 0.00778. The first-order chi connectivity index (χ1) is 14.3. The lowest BCUT2D eigenvalue weighted by molar-refractivity contribution is -0.277. The van der Waals surface area contributed by atoms with E-state index in [1.54, 1.807) is 18.2 Å². The Bertz CT molecular complexity index is 929. The lowest BCUT2D eigenvalue weighted by Gasteiger charge is -2.39. The van der Waals surface area contributed by atoms with Crippen LogP contribution in [0.3, 0.4) is 0 Å². The van der Waals surface area contributed by atoms with Crippen LogP contribution >= 0.6 is 0 Å². The summed E-state index contributed by atoms with van der Waals surface area (Å²) >= 11 is 0. The Morgan fingerprint density at radius 3 is 2.50 bits per heavy atom. The van der Waals surface area contributed by atoms with Crippen LogP contribution in [0.15, 0.2) is 30.3 Å². The third-order valence-corrected chi connectivity index (χ3v) is 5.57. The van der Waals surface area contributed by atoms with Gasteiger partial charge in [-0.2, -0.15) is 0 Å². The molecule has 1 aliphatic heterocycles. The summed E-state index contributed by atoms with van der Waals surface area (Å²) in [6, 6.07) is 8.08. The van der Waals surface area contributed by atoms with E-state index in [0.717, 1.165) is 0 Å². The van der Waals surface area contributed by atoms with E-state index in [-0.39, 0.29) is 17.9 Å². The van der Waals surface area contributed by atoms with Gasteiger partial charge in [0.2, 0.25) is 6.29 Å². The van der Waals surface area contributed by atoms with Crippen molar-refractivity contribution in [2.45, 2.75) is 43.2 Å². The number of hydrogen-bond donors (Lipinski definition) is 6. The van der Waals surface area contributed by atoms with Gasteiger partial charge in [-0.1, -0.05) is 12.1 Å². The van der Waals surface area contributed by atoms with Crippen molar-refractivity contribution in [1.29, 1.82) is 0 Å². The van der Waals surface area contributed by atoms with Crippen LogP contribution in [0, 0.1) is 0 Å². The summed E-state index contributed by atoms with van der Waals surface area (Å²) in [4.78, 5) is 0. The first kappa shape index (κ1) is 20.9. The monoisotopic (exact) mass is 420 g/mol. The van der Waals surface area contributed by atoms with E-state index in [0.29, 0.717) is 28.0 Å². The second kappa shape index (κ2) is 8.03. The molecule has 0 amide bonds. The maximum atomic E-state index is 10.5. The predicted octanol–water partition coefficient (Wildman–Crippen LogP) is -0.164. The summed E-state index contributed by atoms with van der Waals surface area (Å²) in [5, 5.41) is 60.3. The largest absolute Gasteiger partial charge is 0.507 e. The number of fused-ring (bicyclic) bond motifs is 3. The molecular weight excluding hydrogens is 396 g/mol. The second-order valence-electron chi connectivity index (χ2n) is 7.44. The van der Waals surface area contributed by atoms with Gasteiger partial charge < -0.3 is 44.8 Å². The fourth-order valence-electron chi connectivity index (χ4n) is 4.04. The zero-order valence-corrected chi connectivity index (χ0v) is 16.2. The number of ether oxygens (including phenoxy) is 3. The first-order valence-corrected chi connectivity index (χ1v) is 9.54. The maximum absolute atomic E-state index is 10.5. The van der Waals surface area contributed by atoms with Gasteiger partial charge in [0.15, 0.2) is 0 Å². The van der Waals surface area contributed by atoms with Crippen molar-refractivity contribution in [2.75, 3.05) is 13.7 Å². The van der Waals surface area contributed by atoms with Crippen LogP contribution in [0.1, 0.15) is 17.2 Å². The van der Waals surface area contributed by atoms with Gasteiger partial charge in [0, 0.05) is 23.6 Å². The molecule has 9 nitrogen and oxygen atoms in total. The van der Waals surface area contributed by atoms with Gasteiger partial charge in [-0.15, -0.1) is 0 Å². The number of phenols is 1. The fourth-order valence-corrected chi connectivity index (χ4v) is 4.04. The van der Waals surface area contributed by atoms with Crippen LogP contribution in [0.5, 0.6) is 17.2 Å². The molecule has 0 radical (unpaired) electrons. The van der Waals surface area contributed by atoms with Crippen LogP contribution in [-0.2, 0) is 11.2 Å². The van der Waals surface area contributed by atoms with E-state index < -0.39 is 43.4 Å². The van der Waals surface area contributed by atoms with Crippen molar-refractivity contribution in [2.24, 2.45) is 0 Å². The van der Waals surface area contributed by atoms with Crippen LogP contribution < -0.4 is 9.47 Å². The molecule has 1 fully saturated rings. The van der Waals surface area contributed by atoms with E-state index in [4.69, 9.17) is 14.2 Å². The molecule has 2 aromatic rings. The van der Waals surface area contributed by atoms with E-state index >= 15 is 0 Å². The summed E-state index contributed by atoms with van der Waals surface area (Å²) in [6.45, 7) is -0.569. The molecule has 0 spiro atoms. The number of aliphatic hydroxyl groups is 5. The molecule has 6 unspecified atom stereocenters. The topological polar surface area (TPSA) is 149 Å². The Morgan fingerprint density at radius 2 is 1.80 bits per heavy atom. The van der Waals surface area contributed by atoms with E-state index in [9.17, 15) is 30.6 Å². The minimum atomic E-state index is -1.56. The number of methoxy groups -OCH3 is 1. The Kier molecular flexibility index (Phi) is 5.58. The van der Waals surface area contributed by atoms with Gasteiger partial charge in [0.1, 0.15) is 41.7 Å². The van der Waals surface area contributed by atoms with Gasteiger partial charge in [-0.25, -0.2) is 0 Å². The Morgan fingerprint density at radius 1 is 1.03 bits per heavy atom. The number of rotatable bonds is 4. The molecule has 1 saturated heterocycles. The molecule has 6 atom stereocenters. The summed E-state index contributed by atoms with van der Waals surface area (Å²) < 4.78 is 16.6. The third kappa shape index (κ3) is 3.39. The van der Waals surface area contributed by atoms with Crippen LogP contribution in [0.2, 0.25) is 0 Å². The highest BCUT2D eigenvalue weighted by atomic mass is 16.7. The highest BCUT2D eigenvalue weighted by Crippen LogP contribution is 2.49. The standard InChI is InChI=1S/C21H24O9/c1-28-14-7-10(29-21-20(27)19(26)18(25)15(8-22)30-21)5-9-6-13(24)11-3-2-4-12(23)17(11)16(9)14/h2-5,7,13,15,18-27H,6,8H2,1H3. The Labute approximate surface area is 172 Å². The first-order valence-electron chi connectivity index (χ1n) is 9.54. The quantitative estimate of drug-likeness (QED) is 0.397. The molecule has 9 heteroatoms. The van der Waals surface area contributed by atoms with Crippen molar-refractivity contribution >= 4 is 0 Å². The molecule has 0 bridgehead atoms. The smallest absolute Gasteiger partial charge is 0.229 e. The average Bonchev–Trinajstić information content (AvgIpc) is 2.73. The zero-order valence-electron chi connectivity index (χ0n) is 16.2. The Balaban J connectivity index is 1.71. The lowest BCUT2D eigenvalue weighted by Crippen LogP contribution is -2.60. The summed E-state index contributed by atoms with van der Waals surface area (Å²) in [5.74, 6) is 0.608. The molecule has 1 aliphatic carbocycles. The van der Waals surface area contributed by atoms with Gasteiger partial charge in [-0.3, -0.25) is 0 Å². The molecule has 6 N–H and O–H groups in total. The van der Waals surface area contributed by atoms with Crippen molar-refractivity contribution in [3.05, 3.63) is 41.5 Å². The zero-order chi connectivity index (χ0) is 21.6. The van der Waals surface area contributed by atoms with E-state index in [2.05, 4.69) is 0 Å². The SMILES string of the molecule is COc1cc(OC2OC(CO)C(O)C(O)C2O)cc2c1-c1c(O)cccc1C(O)C2. The normalized spacial score (nSPS) is 30.3. The van der Waals surface area contributed by atoms with Crippen molar-refractivity contribution in [1.82, 2.24) is 0 Å². The number of aromatic hydroxyl groups is 1. The van der Waals surface area contributed by atoms with Crippen LogP contribution in [-0.4, -0.2) is 75.1 Å². The molecule has 4 rings (SSSR count). The number of benzene rings is 2. The third-order valence-electron chi connectivity index (χ3n) is 5.57. The molecule has 30 heavy (non-hydrogen) atoms. The molecular formula is C21H24O9. The van der Waals surface area contributed by atoms with Crippen molar-refractivity contribution < 1.29 is 44.8 Å². The lowest BCUT2D eigenvalue weighted by atomic mass is 9.82.